The number of hydrogen-bond acceptors (Lipinski definition) is 5. The van der Waals surface area contributed by atoms with E-state index in [4.69, 9.17) is 21.6 Å². The molecule has 1 N–H and O–H groups in total. The zero-order chi connectivity index (χ0) is 17.2. The fraction of sp³-hybridized carbons (Fsp3) is 0.105. The van der Waals surface area contributed by atoms with Crippen LogP contribution in [-0.4, -0.2) is 15.0 Å². The lowest BCUT2D eigenvalue weighted by Gasteiger charge is -2.10. The van der Waals surface area contributed by atoms with E-state index in [1.165, 1.54) is 4.88 Å². The van der Waals surface area contributed by atoms with Gasteiger partial charge in [-0.1, -0.05) is 29.8 Å². The monoisotopic (exact) mass is 366 g/mol. The van der Waals surface area contributed by atoms with E-state index in [1.807, 2.05) is 36.4 Å². The molecule has 124 valence electrons. The average molecular weight is 367 g/mol. The highest BCUT2D eigenvalue weighted by atomic mass is 35.5. The van der Waals surface area contributed by atoms with Crippen molar-refractivity contribution >= 4 is 39.0 Å². The fourth-order valence-corrected chi connectivity index (χ4v) is 3.70. The highest BCUT2D eigenvalue weighted by molar-refractivity contribution is 7.18. The van der Waals surface area contributed by atoms with Gasteiger partial charge in [0.25, 0.3) is 0 Å². The Balaban J connectivity index is 1.75. The lowest BCUT2D eigenvalue weighted by molar-refractivity contribution is 1.11. The second-order valence-corrected chi connectivity index (χ2v) is 7.30. The van der Waals surface area contributed by atoms with Crippen molar-refractivity contribution in [3.8, 4) is 11.4 Å². The Labute approximate surface area is 154 Å². The van der Waals surface area contributed by atoms with Crippen LogP contribution in [0.25, 0.3) is 21.6 Å². The highest BCUT2D eigenvalue weighted by Gasteiger charge is 2.12. The van der Waals surface area contributed by atoms with Gasteiger partial charge < -0.3 is 5.32 Å². The third kappa shape index (κ3) is 3.34. The Kier molecular flexibility index (Phi) is 4.34. The minimum Gasteiger partial charge on any atom is -0.365 e. The van der Waals surface area contributed by atoms with Crippen LogP contribution in [0.15, 0.2) is 54.9 Å². The molecule has 4 nitrogen and oxygen atoms in total. The molecule has 3 aromatic heterocycles. The van der Waals surface area contributed by atoms with E-state index in [0.29, 0.717) is 12.4 Å². The van der Waals surface area contributed by atoms with Gasteiger partial charge in [-0.15, -0.1) is 11.3 Å². The van der Waals surface area contributed by atoms with Gasteiger partial charge in [0.05, 0.1) is 5.39 Å². The normalized spacial score (nSPS) is 11.0. The first-order valence-electron chi connectivity index (χ1n) is 7.86. The molecule has 3 heterocycles. The molecule has 0 unspecified atom stereocenters. The van der Waals surface area contributed by atoms with Crippen molar-refractivity contribution in [2.75, 3.05) is 5.32 Å². The number of thiophene rings is 1. The molecule has 0 radical (unpaired) electrons. The molecular formula is C19H15ClN4S. The van der Waals surface area contributed by atoms with Gasteiger partial charge in [0.2, 0.25) is 0 Å². The third-order valence-corrected chi connectivity index (χ3v) is 5.15. The predicted molar refractivity (Wildman–Crippen MR) is 104 cm³/mol. The van der Waals surface area contributed by atoms with Crippen molar-refractivity contribution in [1.29, 1.82) is 0 Å². The number of nitrogens with one attached hydrogen (secondary N) is 1. The lowest BCUT2D eigenvalue weighted by Crippen LogP contribution is -2.04. The number of nitrogens with zero attached hydrogens (tertiary/aromatic N) is 3. The Morgan fingerprint density at radius 2 is 2.00 bits per heavy atom. The summed E-state index contributed by atoms with van der Waals surface area (Å²) >= 11 is 7.92. The van der Waals surface area contributed by atoms with Crippen molar-refractivity contribution in [2.24, 2.45) is 0 Å². The Morgan fingerprint density at radius 1 is 1.12 bits per heavy atom. The number of fused-ring (bicyclic) bond motifs is 1. The van der Waals surface area contributed by atoms with Gasteiger partial charge in [-0.2, -0.15) is 0 Å². The number of aromatic nitrogens is 3. The van der Waals surface area contributed by atoms with Gasteiger partial charge >= 0.3 is 0 Å². The number of hydrogen-bond donors (Lipinski definition) is 1. The summed E-state index contributed by atoms with van der Waals surface area (Å²) in [5.41, 5.74) is 1.93. The molecule has 0 bridgehead atoms. The molecule has 4 aromatic rings. The van der Waals surface area contributed by atoms with Crippen LogP contribution in [0.4, 0.5) is 5.82 Å². The summed E-state index contributed by atoms with van der Waals surface area (Å²) in [5.74, 6) is 1.48. The minimum absolute atomic E-state index is 0.604. The van der Waals surface area contributed by atoms with Crippen LogP contribution < -0.4 is 5.32 Å². The fourth-order valence-electron chi connectivity index (χ4n) is 2.62. The molecule has 0 aliphatic heterocycles. The van der Waals surface area contributed by atoms with Gasteiger partial charge in [-0.05, 0) is 36.8 Å². The smallest absolute Gasteiger partial charge is 0.164 e. The summed E-state index contributed by atoms with van der Waals surface area (Å²) in [6, 6.07) is 13.8. The van der Waals surface area contributed by atoms with Crippen molar-refractivity contribution in [1.82, 2.24) is 15.0 Å². The Bertz CT molecular complexity index is 1030. The summed E-state index contributed by atoms with van der Waals surface area (Å²) in [5, 5.41) is 5.19. The number of pyridine rings is 1. The molecule has 4 rings (SSSR count). The summed E-state index contributed by atoms with van der Waals surface area (Å²) in [6.07, 6.45) is 3.52. The predicted octanol–water partition coefficient (Wildman–Crippen LogP) is 5.33. The van der Waals surface area contributed by atoms with Crippen LogP contribution in [-0.2, 0) is 6.54 Å². The van der Waals surface area contributed by atoms with Gasteiger partial charge in [-0.3, -0.25) is 4.98 Å². The lowest BCUT2D eigenvalue weighted by atomic mass is 10.2. The first kappa shape index (κ1) is 16.0. The Hall–Kier alpha value is -2.50. The minimum atomic E-state index is 0.604. The van der Waals surface area contributed by atoms with Crippen LogP contribution in [0.2, 0.25) is 5.02 Å². The first-order chi connectivity index (χ1) is 12.2. The number of aryl methyl sites for hydroxylation is 1. The van der Waals surface area contributed by atoms with E-state index in [1.54, 1.807) is 23.7 Å². The van der Waals surface area contributed by atoms with Crippen molar-refractivity contribution < 1.29 is 0 Å². The van der Waals surface area contributed by atoms with Crippen LogP contribution in [0, 0.1) is 6.92 Å². The number of rotatable bonds is 4. The molecule has 0 saturated carbocycles. The van der Waals surface area contributed by atoms with Crippen LogP contribution in [0.5, 0.6) is 0 Å². The van der Waals surface area contributed by atoms with E-state index in [9.17, 15) is 0 Å². The number of anilines is 1. The second-order valence-electron chi connectivity index (χ2n) is 5.66. The van der Waals surface area contributed by atoms with Crippen molar-refractivity contribution in [3.05, 3.63) is 70.3 Å². The van der Waals surface area contributed by atoms with Gasteiger partial charge in [0, 0.05) is 34.4 Å². The number of benzene rings is 1. The molecule has 6 heteroatoms. The summed E-state index contributed by atoms with van der Waals surface area (Å²) in [4.78, 5) is 15.8. The van der Waals surface area contributed by atoms with Crippen molar-refractivity contribution in [2.45, 2.75) is 13.5 Å². The quantitative estimate of drug-likeness (QED) is 0.530. The topological polar surface area (TPSA) is 50.7 Å². The van der Waals surface area contributed by atoms with Crippen LogP contribution in [0.1, 0.15) is 10.4 Å². The highest BCUT2D eigenvalue weighted by Crippen LogP contribution is 2.31. The first-order valence-corrected chi connectivity index (χ1v) is 9.06. The molecule has 0 spiro atoms. The molecule has 0 aliphatic rings. The molecule has 25 heavy (non-hydrogen) atoms. The Morgan fingerprint density at radius 3 is 2.80 bits per heavy atom. The zero-order valence-corrected chi connectivity index (χ0v) is 15.1. The molecular weight excluding hydrogens is 352 g/mol. The zero-order valence-electron chi connectivity index (χ0n) is 13.5. The van der Waals surface area contributed by atoms with E-state index in [0.717, 1.165) is 32.2 Å². The largest absolute Gasteiger partial charge is 0.365 e. The molecule has 0 fully saturated rings. The van der Waals surface area contributed by atoms with Crippen molar-refractivity contribution in [3.63, 3.8) is 0 Å². The molecule has 0 aliphatic carbocycles. The maximum Gasteiger partial charge on any atom is 0.164 e. The van der Waals surface area contributed by atoms with E-state index >= 15 is 0 Å². The molecule has 0 saturated heterocycles. The van der Waals surface area contributed by atoms with Gasteiger partial charge in [0.15, 0.2) is 5.82 Å². The average Bonchev–Trinajstić information content (AvgIpc) is 3.02. The summed E-state index contributed by atoms with van der Waals surface area (Å²) in [7, 11) is 0. The van der Waals surface area contributed by atoms with Crippen LogP contribution >= 0.6 is 22.9 Å². The van der Waals surface area contributed by atoms with Crippen LogP contribution in [0.3, 0.4) is 0 Å². The summed E-state index contributed by atoms with van der Waals surface area (Å²) < 4.78 is 0. The van der Waals surface area contributed by atoms with E-state index in [-0.39, 0.29) is 0 Å². The maximum atomic E-state index is 6.26. The SMILES string of the molecule is Cc1cc2c(NCc3ccccc3Cl)nc(-c3cccnc3)nc2s1. The van der Waals surface area contributed by atoms with Gasteiger partial charge in [0.1, 0.15) is 10.6 Å². The van der Waals surface area contributed by atoms with E-state index in [2.05, 4.69) is 23.3 Å². The third-order valence-electron chi connectivity index (χ3n) is 3.84. The second kappa shape index (κ2) is 6.78. The molecule has 1 aromatic carbocycles. The maximum absolute atomic E-state index is 6.26. The molecule has 0 atom stereocenters. The number of halogens is 1. The molecule has 0 amide bonds. The van der Waals surface area contributed by atoms with Gasteiger partial charge in [-0.25, -0.2) is 9.97 Å². The van der Waals surface area contributed by atoms with E-state index < -0.39 is 0 Å². The summed E-state index contributed by atoms with van der Waals surface area (Å²) in [6.45, 7) is 2.68. The standard InChI is InChI=1S/C19H15ClN4S/c1-12-9-15-18(22-11-13-5-2-3-7-16(13)20)23-17(24-19(15)25-12)14-6-4-8-21-10-14/h2-10H,11H2,1H3,(H,22,23,24).